The van der Waals surface area contributed by atoms with Crippen LogP contribution in [0.1, 0.15) is 32.3 Å². The Bertz CT molecular complexity index is 443. The van der Waals surface area contributed by atoms with E-state index in [1.54, 1.807) is 0 Å². The van der Waals surface area contributed by atoms with Gasteiger partial charge in [-0.25, -0.2) is 0 Å². The van der Waals surface area contributed by atoms with Crippen molar-refractivity contribution < 1.29 is 9.53 Å². The highest BCUT2D eigenvalue weighted by Crippen LogP contribution is 2.29. The summed E-state index contributed by atoms with van der Waals surface area (Å²) in [5.41, 5.74) is -0.0206. The van der Waals surface area contributed by atoms with Crippen LogP contribution in [-0.2, 0) is 15.1 Å². The van der Waals surface area contributed by atoms with Crippen LogP contribution in [0.5, 0.6) is 0 Å². The molecule has 0 aromatic heterocycles. The van der Waals surface area contributed by atoms with Crippen molar-refractivity contribution in [2.75, 3.05) is 11.9 Å². The van der Waals surface area contributed by atoms with Gasteiger partial charge in [0.15, 0.2) is 0 Å². The van der Waals surface area contributed by atoms with E-state index < -0.39 is 11.1 Å². The topological polar surface area (TPSA) is 38.3 Å². The Morgan fingerprint density at radius 2 is 2.16 bits per heavy atom. The fourth-order valence-electron chi connectivity index (χ4n) is 2.33. The van der Waals surface area contributed by atoms with Crippen LogP contribution in [0.2, 0.25) is 0 Å². The van der Waals surface area contributed by atoms with Crippen molar-refractivity contribution in [3.63, 3.8) is 0 Å². The molecule has 104 valence electrons. The standard InChI is InChI=1S/C15H20BrNO2/c1-14(11-16,12-7-4-3-5-8-12)17-13(18)15(2)9-6-10-19-15/h3-5,7-8H,6,9-11H2,1-2H3,(H,17,18). The zero-order valence-corrected chi connectivity index (χ0v) is 13.0. The lowest BCUT2D eigenvalue weighted by Gasteiger charge is -2.33. The average molecular weight is 326 g/mol. The minimum absolute atomic E-state index is 0.0317. The third-order valence-electron chi connectivity index (χ3n) is 3.77. The second-order valence-electron chi connectivity index (χ2n) is 5.47. The van der Waals surface area contributed by atoms with Crippen molar-refractivity contribution in [1.82, 2.24) is 5.32 Å². The highest BCUT2D eigenvalue weighted by atomic mass is 79.9. The van der Waals surface area contributed by atoms with Crippen LogP contribution in [0, 0.1) is 0 Å². The van der Waals surface area contributed by atoms with Crippen molar-refractivity contribution in [3.8, 4) is 0 Å². The molecule has 0 spiro atoms. The summed E-state index contributed by atoms with van der Waals surface area (Å²) in [7, 11) is 0. The van der Waals surface area contributed by atoms with Gasteiger partial charge in [-0.2, -0.15) is 0 Å². The molecule has 1 aromatic rings. The Labute approximate surface area is 122 Å². The van der Waals surface area contributed by atoms with Crippen LogP contribution >= 0.6 is 15.9 Å². The second-order valence-corrected chi connectivity index (χ2v) is 6.03. The number of nitrogens with one attached hydrogen (secondary N) is 1. The van der Waals surface area contributed by atoms with Gasteiger partial charge in [0, 0.05) is 11.9 Å². The summed E-state index contributed by atoms with van der Waals surface area (Å²) in [6, 6.07) is 9.99. The molecule has 0 saturated carbocycles. The smallest absolute Gasteiger partial charge is 0.252 e. The quantitative estimate of drug-likeness (QED) is 0.864. The maximum absolute atomic E-state index is 12.5. The molecule has 0 radical (unpaired) electrons. The van der Waals surface area contributed by atoms with Crippen molar-refractivity contribution in [1.29, 1.82) is 0 Å². The summed E-state index contributed by atoms with van der Waals surface area (Å²) < 4.78 is 5.60. The summed E-state index contributed by atoms with van der Waals surface area (Å²) >= 11 is 3.51. The van der Waals surface area contributed by atoms with Gasteiger partial charge >= 0.3 is 0 Å². The molecule has 1 aliphatic rings. The van der Waals surface area contributed by atoms with Gasteiger partial charge in [-0.15, -0.1) is 0 Å². The molecule has 1 saturated heterocycles. The summed E-state index contributed by atoms with van der Waals surface area (Å²) in [5.74, 6) is -0.0317. The fourth-order valence-corrected chi connectivity index (χ4v) is 2.79. The highest BCUT2D eigenvalue weighted by molar-refractivity contribution is 9.09. The molecule has 4 heteroatoms. The lowest BCUT2D eigenvalue weighted by Crippen LogP contribution is -2.53. The molecule has 2 unspecified atom stereocenters. The Morgan fingerprint density at radius 1 is 1.47 bits per heavy atom. The number of hydrogen-bond donors (Lipinski definition) is 1. The molecule has 1 fully saturated rings. The number of carbonyl (C=O) groups excluding carboxylic acids is 1. The number of halogens is 1. The van der Waals surface area contributed by atoms with Crippen LogP contribution in [0.4, 0.5) is 0 Å². The van der Waals surface area contributed by atoms with E-state index in [0.717, 1.165) is 18.4 Å². The Balaban J connectivity index is 2.17. The predicted molar refractivity (Wildman–Crippen MR) is 79.3 cm³/mol. The van der Waals surface area contributed by atoms with E-state index in [1.807, 2.05) is 44.2 Å². The van der Waals surface area contributed by atoms with Gasteiger partial charge in [0.1, 0.15) is 5.60 Å². The summed E-state index contributed by atoms with van der Waals surface area (Å²) in [6.45, 7) is 4.56. The van der Waals surface area contributed by atoms with Gasteiger partial charge in [0.25, 0.3) is 5.91 Å². The first-order valence-corrected chi connectivity index (χ1v) is 7.70. The van der Waals surface area contributed by atoms with Gasteiger partial charge in [-0.3, -0.25) is 4.79 Å². The molecule has 1 heterocycles. The first kappa shape index (κ1) is 14.5. The van der Waals surface area contributed by atoms with Gasteiger partial charge < -0.3 is 10.1 Å². The summed E-state index contributed by atoms with van der Waals surface area (Å²) in [4.78, 5) is 12.5. The SMILES string of the molecule is CC1(C(=O)NC(C)(CBr)c2ccccc2)CCCO1. The van der Waals surface area contributed by atoms with E-state index in [4.69, 9.17) is 4.74 Å². The van der Waals surface area contributed by atoms with Crippen LogP contribution in [-0.4, -0.2) is 23.4 Å². The number of alkyl halides is 1. The zero-order valence-electron chi connectivity index (χ0n) is 11.4. The molecule has 0 aliphatic carbocycles. The molecular weight excluding hydrogens is 306 g/mol. The van der Waals surface area contributed by atoms with Crippen LogP contribution in [0.15, 0.2) is 30.3 Å². The van der Waals surface area contributed by atoms with Gasteiger partial charge in [-0.05, 0) is 32.3 Å². The van der Waals surface area contributed by atoms with E-state index in [2.05, 4.69) is 21.2 Å². The maximum Gasteiger partial charge on any atom is 0.252 e. The molecule has 1 aliphatic heterocycles. The van der Waals surface area contributed by atoms with Gasteiger partial charge in [0.2, 0.25) is 0 Å². The van der Waals surface area contributed by atoms with Crippen LogP contribution < -0.4 is 5.32 Å². The lowest BCUT2D eigenvalue weighted by molar-refractivity contribution is -0.141. The number of rotatable bonds is 4. The van der Waals surface area contributed by atoms with Crippen LogP contribution in [0.25, 0.3) is 0 Å². The molecule has 19 heavy (non-hydrogen) atoms. The molecule has 1 aromatic carbocycles. The van der Waals surface area contributed by atoms with E-state index in [9.17, 15) is 4.79 Å². The lowest BCUT2D eigenvalue weighted by atomic mass is 9.92. The minimum atomic E-state index is -0.682. The monoisotopic (exact) mass is 325 g/mol. The minimum Gasteiger partial charge on any atom is -0.365 e. The first-order chi connectivity index (χ1) is 9.00. The number of hydrogen-bond acceptors (Lipinski definition) is 2. The third-order valence-corrected chi connectivity index (χ3v) is 4.89. The van der Waals surface area contributed by atoms with Crippen molar-refractivity contribution in [2.45, 2.75) is 37.8 Å². The van der Waals surface area contributed by atoms with E-state index >= 15 is 0 Å². The Hall–Kier alpha value is -0.870. The molecule has 2 atom stereocenters. The molecule has 1 N–H and O–H groups in total. The van der Waals surface area contributed by atoms with E-state index in [0.29, 0.717) is 11.9 Å². The third kappa shape index (κ3) is 3.00. The summed E-state index contributed by atoms with van der Waals surface area (Å²) in [5, 5.41) is 3.79. The van der Waals surface area contributed by atoms with E-state index in [-0.39, 0.29) is 5.91 Å². The van der Waals surface area contributed by atoms with Crippen LogP contribution in [0.3, 0.4) is 0 Å². The van der Waals surface area contributed by atoms with Gasteiger partial charge in [-0.1, -0.05) is 46.3 Å². The predicted octanol–water partition coefficient (Wildman–Crippen LogP) is 2.98. The average Bonchev–Trinajstić information content (AvgIpc) is 2.88. The summed E-state index contributed by atoms with van der Waals surface area (Å²) in [6.07, 6.45) is 1.73. The normalized spacial score (nSPS) is 25.8. The number of carbonyl (C=O) groups is 1. The van der Waals surface area contributed by atoms with E-state index in [1.165, 1.54) is 0 Å². The zero-order chi connectivity index (χ0) is 13.9. The molecule has 0 bridgehead atoms. The number of ether oxygens (including phenoxy) is 1. The van der Waals surface area contributed by atoms with Gasteiger partial charge in [0.05, 0.1) is 5.54 Å². The molecule has 3 nitrogen and oxygen atoms in total. The van der Waals surface area contributed by atoms with Crippen molar-refractivity contribution >= 4 is 21.8 Å². The largest absolute Gasteiger partial charge is 0.365 e. The number of amides is 1. The Morgan fingerprint density at radius 3 is 2.68 bits per heavy atom. The molecule has 1 amide bonds. The number of benzene rings is 1. The van der Waals surface area contributed by atoms with Crippen molar-refractivity contribution in [3.05, 3.63) is 35.9 Å². The fraction of sp³-hybridized carbons (Fsp3) is 0.533. The Kier molecular flexibility index (Phi) is 4.31. The van der Waals surface area contributed by atoms with Crippen molar-refractivity contribution in [2.24, 2.45) is 0 Å². The first-order valence-electron chi connectivity index (χ1n) is 6.58. The maximum atomic E-state index is 12.5. The molecule has 2 rings (SSSR count). The molecular formula is C15H20BrNO2. The highest BCUT2D eigenvalue weighted by Gasteiger charge is 2.41. The second kappa shape index (κ2) is 5.63.